The lowest BCUT2D eigenvalue weighted by molar-refractivity contribution is 0.283. The van der Waals surface area contributed by atoms with E-state index in [1.807, 2.05) is 0 Å². The molecule has 5 nitrogen and oxygen atoms in total. The normalized spacial score (nSPS) is 10.3. The quantitative estimate of drug-likeness (QED) is 0.604. The molecule has 84 valence electrons. The van der Waals surface area contributed by atoms with E-state index in [2.05, 4.69) is 15.3 Å². The van der Waals surface area contributed by atoms with Crippen LogP contribution in [0.25, 0.3) is 0 Å². The molecule has 0 aromatic carbocycles. The van der Waals surface area contributed by atoms with Crippen LogP contribution < -0.4 is 10.9 Å². The van der Waals surface area contributed by atoms with Crippen LogP contribution in [-0.4, -0.2) is 28.2 Å². The summed E-state index contributed by atoms with van der Waals surface area (Å²) in [5.74, 6) is 0.518. The summed E-state index contributed by atoms with van der Waals surface area (Å²) in [5.41, 5.74) is 0.567. The van der Waals surface area contributed by atoms with Gasteiger partial charge in [-0.3, -0.25) is 9.78 Å². The maximum absolute atomic E-state index is 11.1. The Balaban J connectivity index is 2.34. The number of H-pyrrole nitrogens is 1. The van der Waals surface area contributed by atoms with Gasteiger partial charge in [0.05, 0.1) is 0 Å². The van der Waals surface area contributed by atoms with Crippen LogP contribution in [-0.2, 0) is 0 Å². The number of unbranched alkanes of at least 4 members (excludes halogenated alkanes) is 2. The number of aliphatic hydroxyl groups excluding tert-OH is 1. The molecule has 1 aromatic rings. The van der Waals surface area contributed by atoms with E-state index in [9.17, 15) is 4.79 Å². The van der Waals surface area contributed by atoms with Crippen LogP contribution in [0.2, 0.25) is 0 Å². The summed E-state index contributed by atoms with van der Waals surface area (Å²) in [7, 11) is 0. The summed E-state index contributed by atoms with van der Waals surface area (Å²) in [5, 5.41) is 11.6. The molecule has 0 aliphatic heterocycles. The third-order valence-corrected chi connectivity index (χ3v) is 2.00. The molecular formula is C10H17N3O2. The van der Waals surface area contributed by atoms with Crippen molar-refractivity contribution in [2.45, 2.75) is 26.2 Å². The summed E-state index contributed by atoms with van der Waals surface area (Å²) in [4.78, 5) is 17.8. The number of hydrogen-bond acceptors (Lipinski definition) is 4. The van der Waals surface area contributed by atoms with Gasteiger partial charge in [-0.2, -0.15) is 0 Å². The summed E-state index contributed by atoms with van der Waals surface area (Å²) in [6, 6.07) is 1.46. The first-order valence-electron chi connectivity index (χ1n) is 5.15. The monoisotopic (exact) mass is 211 g/mol. The van der Waals surface area contributed by atoms with Crippen molar-refractivity contribution in [2.75, 3.05) is 18.5 Å². The number of nitrogens with one attached hydrogen (secondary N) is 2. The molecule has 0 saturated heterocycles. The number of aryl methyl sites for hydroxylation is 1. The van der Waals surface area contributed by atoms with Crippen LogP contribution in [0, 0.1) is 6.92 Å². The molecule has 5 heteroatoms. The van der Waals surface area contributed by atoms with Crippen molar-refractivity contribution in [3.8, 4) is 0 Å². The van der Waals surface area contributed by atoms with E-state index in [1.54, 1.807) is 6.92 Å². The fourth-order valence-corrected chi connectivity index (χ4v) is 1.28. The Kier molecular flexibility index (Phi) is 4.83. The zero-order valence-electron chi connectivity index (χ0n) is 8.92. The molecule has 0 bridgehead atoms. The van der Waals surface area contributed by atoms with Gasteiger partial charge in [0, 0.05) is 24.9 Å². The van der Waals surface area contributed by atoms with Crippen molar-refractivity contribution >= 4 is 5.95 Å². The van der Waals surface area contributed by atoms with E-state index in [0.29, 0.717) is 11.6 Å². The Morgan fingerprint density at radius 2 is 2.27 bits per heavy atom. The Labute approximate surface area is 88.6 Å². The van der Waals surface area contributed by atoms with Crippen molar-refractivity contribution in [2.24, 2.45) is 0 Å². The maximum atomic E-state index is 11.1. The van der Waals surface area contributed by atoms with Crippen molar-refractivity contribution in [1.29, 1.82) is 0 Å². The van der Waals surface area contributed by atoms with Crippen LogP contribution in [0.1, 0.15) is 25.0 Å². The van der Waals surface area contributed by atoms with Crippen molar-refractivity contribution in [3.05, 3.63) is 22.1 Å². The Morgan fingerprint density at radius 1 is 1.47 bits per heavy atom. The fraction of sp³-hybridized carbons (Fsp3) is 0.600. The maximum Gasteiger partial charge on any atom is 0.252 e. The fourth-order valence-electron chi connectivity index (χ4n) is 1.28. The van der Waals surface area contributed by atoms with E-state index < -0.39 is 0 Å². The first-order valence-corrected chi connectivity index (χ1v) is 5.15. The minimum atomic E-state index is -0.139. The van der Waals surface area contributed by atoms with Crippen LogP contribution >= 0.6 is 0 Å². The lowest BCUT2D eigenvalue weighted by Gasteiger charge is -2.04. The van der Waals surface area contributed by atoms with Gasteiger partial charge in [-0.1, -0.05) is 0 Å². The molecular weight excluding hydrogens is 194 g/mol. The summed E-state index contributed by atoms with van der Waals surface area (Å²) in [6.45, 7) is 2.78. The van der Waals surface area contributed by atoms with Gasteiger partial charge in [0.1, 0.15) is 0 Å². The Bertz CT molecular complexity index is 349. The van der Waals surface area contributed by atoms with Gasteiger partial charge in [0.15, 0.2) is 0 Å². The molecule has 15 heavy (non-hydrogen) atoms. The van der Waals surface area contributed by atoms with E-state index in [-0.39, 0.29) is 12.2 Å². The predicted octanol–water partition coefficient (Wildman–Crippen LogP) is 0.653. The lowest BCUT2D eigenvalue weighted by Crippen LogP contribution is -2.13. The predicted molar refractivity (Wildman–Crippen MR) is 59.0 cm³/mol. The van der Waals surface area contributed by atoms with Crippen LogP contribution in [0.4, 0.5) is 5.95 Å². The number of aromatic amines is 1. The average molecular weight is 211 g/mol. The van der Waals surface area contributed by atoms with E-state index in [1.165, 1.54) is 6.07 Å². The number of aromatic nitrogens is 2. The van der Waals surface area contributed by atoms with Crippen LogP contribution in [0.3, 0.4) is 0 Å². The zero-order chi connectivity index (χ0) is 11.1. The van der Waals surface area contributed by atoms with E-state index in [0.717, 1.165) is 25.8 Å². The highest BCUT2D eigenvalue weighted by Gasteiger charge is 1.96. The smallest absolute Gasteiger partial charge is 0.252 e. The number of rotatable bonds is 6. The minimum Gasteiger partial charge on any atom is -0.396 e. The van der Waals surface area contributed by atoms with Crippen molar-refractivity contribution in [1.82, 2.24) is 9.97 Å². The number of nitrogens with zero attached hydrogens (tertiary/aromatic N) is 1. The Hall–Kier alpha value is -1.36. The molecule has 0 aliphatic carbocycles. The summed E-state index contributed by atoms with van der Waals surface area (Å²) < 4.78 is 0. The molecule has 0 radical (unpaired) electrons. The number of aliphatic hydroxyl groups is 1. The highest BCUT2D eigenvalue weighted by Crippen LogP contribution is 1.98. The van der Waals surface area contributed by atoms with Gasteiger partial charge >= 0.3 is 0 Å². The topological polar surface area (TPSA) is 78.0 Å². The molecule has 1 rings (SSSR count). The molecule has 0 saturated carbocycles. The molecule has 1 heterocycles. The first kappa shape index (κ1) is 11.7. The molecule has 0 spiro atoms. The molecule has 0 aliphatic rings. The zero-order valence-corrected chi connectivity index (χ0v) is 8.92. The number of hydrogen-bond donors (Lipinski definition) is 3. The Morgan fingerprint density at radius 3 is 2.93 bits per heavy atom. The summed E-state index contributed by atoms with van der Waals surface area (Å²) >= 11 is 0. The van der Waals surface area contributed by atoms with Gasteiger partial charge in [0.2, 0.25) is 5.95 Å². The van der Waals surface area contributed by atoms with Crippen LogP contribution in [0.5, 0.6) is 0 Å². The molecule has 1 aromatic heterocycles. The van der Waals surface area contributed by atoms with E-state index in [4.69, 9.17) is 5.11 Å². The second kappa shape index (κ2) is 6.19. The van der Waals surface area contributed by atoms with Gasteiger partial charge in [0.25, 0.3) is 5.56 Å². The molecule has 0 atom stereocenters. The molecule has 3 N–H and O–H groups in total. The van der Waals surface area contributed by atoms with Crippen molar-refractivity contribution in [3.63, 3.8) is 0 Å². The van der Waals surface area contributed by atoms with Gasteiger partial charge in [-0.15, -0.1) is 0 Å². The third-order valence-electron chi connectivity index (χ3n) is 2.00. The molecule has 0 amide bonds. The number of anilines is 1. The van der Waals surface area contributed by atoms with Gasteiger partial charge in [-0.25, -0.2) is 4.98 Å². The summed E-state index contributed by atoms with van der Waals surface area (Å²) in [6.07, 6.45) is 2.75. The highest BCUT2D eigenvalue weighted by atomic mass is 16.2. The average Bonchev–Trinajstić information content (AvgIpc) is 2.16. The largest absolute Gasteiger partial charge is 0.396 e. The highest BCUT2D eigenvalue weighted by molar-refractivity contribution is 5.24. The van der Waals surface area contributed by atoms with Crippen LogP contribution in [0.15, 0.2) is 10.9 Å². The third kappa shape index (κ3) is 4.60. The second-order valence-electron chi connectivity index (χ2n) is 3.45. The van der Waals surface area contributed by atoms with Crippen molar-refractivity contribution < 1.29 is 5.11 Å². The SMILES string of the molecule is Cc1cc(=O)[nH]c(NCCCCCO)n1. The molecule has 0 unspecified atom stereocenters. The standard InChI is InChI=1S/C10H17N3O2/c1-8-7-9(15)13-10(12-8)11-5-3-2-4-6-14/h7,14H,2-6H2,1H3,(H2,11,12,13,15). The van der Waals surface area contributed by atoms with Gasteiger partial charge in [-0.05, 0) is 26.2 Å². The minimum absolute atomic E-state index is 0.139. The molecule has 0 fully saturated rings. The lowest BCUT2D eigenvalue weighted by atomic mass is 10.2. The second-order valence-corrected chi connectivity index (χ2v) is 3.45. The van der Waals surface area contributed by atoms with E-state index >= 15 is 0 Å². The van der Waals surface area contributed by atoms with Gasteiger partial charge < -0.3 is 10.4 Å². The first-order chi connectivity index (χ1) is 7.22.